The number of hydrogen-bond donors (Lipinski definition) is 1. The summed E-state index contributed by atoms with van der Waals surface area (Å²) in [4.78, 5) is 14.5. The SMILES string of the molecule is C=C[C@H]1[C@H](O)CC[C@@H](CCCCCCCCCCCC)N1C(=O)OC(C)(C)C. The number of amides is 1. The van der Waals surface area contributed by atoms with E-state index in [0.29, 0.717) is 0 Å². The lowest BCUT2D eigenvalue weighted by molar-refractivity contribution is -0.0326. The van der Waals surface area contributed by atoms with Crippen LogP contribution in [0.15, 0.2) is 12.7 Å². The Balaban J connectivity index is 2.40. The maximum absolute atomic E-state index is 12.8. The Labute approximate surface area is 173 Å². The van der Waals surface area contributed by atoms with Crippen LogP contribution in [-0.2, 0) is 4.74 Å². The monoisotopic (exact) mass is 395 g/mol. The van der Waals surface area contributed by atoms with Crippen LogP contribution < -0.4 is 0 Å². The molecule has 1 aliphatic heterocycles. The molecule has 0 aromatic heterocycles. The highest BCUT2D eigenvalue weighted by Gasteiger charge is 2.39. The normalized spacial score (nSPS) is 22.9. The maximum Gasteiger partial charge on any atom is 0.411 e. The van der Waals surface area contributed by atoms with Crippen molar-refractivity contribution in [2.24, 2.45) is 0 Å². The van der Waals surface area contributed by atoms with E-state index < -0.39 is 11.7 Å². The van der Waals surface area contributed by atoms with E-state index in [-0.39, 0.29) is 18.2 Å². The maximum atomic E-state index is 12.8. The van der Waals surface area contributed by atoms with E-state index in [1.807, 2.05) is 20.8 Å². The van der Waals surface area contributed by atoms with Gasteiger partial charge in [0.15, 0.2) is 0 Å². The Morgan fingerprint density at radius 3 is 2.07 bits per heavy atom. The molecule has 0 bridgehead atoms. The second-order valence-electron chi connectivity index (χ2n) is 9.38. The van der Waals surface area contributed by atoms with Crippen LogP contribution in [0.25, 0.3) is 0 Å². The molecule has 164 valence electrons. The Kier molecular flexibility index (Phi) is 11.8. The molecular formula is C24H45NO3. The van der Waals surface area contributed by atoms with Crippen molar-refractivity contribution in [1.82, 2.24) is 4.90 Å². The smallest absolute Gasteiger partial charge is 0.411 e. The van der Waals surface area contributed by atoms with E-state index in [1.165, 1.54) is 57.8 Å². The molecule has 1 fully saturated rings. The number of piperidine rings is 1. The summed E-state index contributed by atoms with van der Waals surface area (Å²) in [5.74, 6) is 0. The molecule has 1 amide bonds. The van der Waals surface area contributed by atoms with Crippen molar-refractivity contribution < 1.29 is 14.6 Å². The predicted octanol–water partition coefficient (Wildman–Crippen LogP) is 6.61. The fraction of sp³-hybridized carbons (Fsp3) is 0.875. The number of hydrogen-bond acceptors (Lipinski definition) is 3. The molecule has 28 heavy (non-hydrogen) atoms. The highest BCUT2D eigenvalue weighted by Crippen LogP contribution is 2.29. The van der Waals surface area contributed by atoms with Gasteiger partial charge < -0.3 is 9.84 Å². The zero-order valence-corrected chi connectivity index (χ0v) is 18.9. The van der Waals surface area contributed by atoms with Crippen molar-refractivity contribution in [1.29, 1.82) is 0 Å². The molecule has 0 aromatic rings. The Morgan fingerprint density at radius 1 is 1.04 bits per heavy atom. The average Bonchev–Trinajstić information content (AvgIpc) is 2.62. The van der Waals surface area contributed by atoms with Gasteiger partial charge in [-0.05, 0) is 40.0 Å². The zero-order valence-electron chi connectivity index (χ0n) is 18.9. The highest BCUT2D eigenvalue weighted by atomic mass is 16.6. The van der Waals surface area contributed by atoms with Crippen molar-refractivity contribution in [3.05, 3.63) is 12.7 Å². The Morgan fingerprint density at radius 2 is 1.57 bits per heavy atom. The molecule has 0 saturated carbocycles. The minimum atomic E-state index is -0.547. The molecule has 0 aromatic carbocycles. The lowest BCUT2D eigenvalue weighted by atomic mass is 9.90. The van der Waals surface area contributed by atoms with Gasteiger partial charge >= 0.3 is 6.09 Å². The van der Waals surface area contributed by atoms with Gasteiger partial charge in [0.2, 0.25) is 0 Å². The van der Waals surface area contributed by atoms with Crippen molar-refractivity contribution >= 4 is 6.09 Å². The van der Waals surface area contributed by atoms with E-state index in [9.17, 15) is 9.90 Å². The molecule has 1 heterocycles. The molecule has 1 N–H and O–H groups in total. The van der Waals surface area contributed by atoms with Crippen molar-refractivity contribution in [3.63, 3.8) is 0 Å². The highest BCUT2D eigenvalue weighted by molar-refractivity contribution is 5.69. The number of nitrogens with zero attached hydrogens (tertiary/aromatic N) is 1. The summed E-state index contributed by atoms with van der Waals surface area (Å²) < 4.78 is 5.62. The first-order valence-electron chi connectivity index (χ1n) is 11.6. The van der Waals surface area contributed by atoms with E-state index in [1.54, 1.807) is 11.0 Å². The van der Waals surface area contributed by atoms with E-state index >= 15 is 0 Å². The van der Waals surface area contributed by atoms with Crippen LogP contribution in [0.5, 0.6) is 0 Å². The summed E-state index contributed by atoms with van der Waals surface area (Å²) in [5.41, 5.74) is -0.535. The van der Waals surface area contributed by atoms with Crippen molar-refractivity contribution in [2.75, 3.05) is 0 Å². The van der Waals surface area contributed by atoms with E-state index in [4.69, 9.17) is 4.74 Å². The molecule has 0 spiro atoms. The van der Waals surface area contributed by atoms with E-state index in [2.05, 4.69) is 13.5 Å². The van der Waals surface area contributed by atoms with Gasteiger partial charge in [-0.15, -0.1) is 6.58 Å². The second kappa shape index (κ2) is 13.2. The number of carbonyl (C=O) groups excluding carboxylic acids is 1. The molecule has 0 radical (unpaired) electrons. The lowest BCUT2D eigenvalue weighted by Crippen LogP contribution is -2.56. The van der Waals surface area contributed by atoms with Crippen LogP contribution in [0.2, 0.25) is 0 Å². The third kappa shape index (κ3) is 9.45. The average molecular weight is 396 g/mol. The number of carbonyl (C=O) groups is 1. The minimum absolute atomic E-state index is 0.135. The number of unbranched alkanes of at least 4 members (excludes halogenated alkanes) is 9. The molecule has 1 rings (SSSR count). The van der Waals surface area contributed by atoms with Crippen LogP contribution in [0.4, 0.5) is 4.79 Å². The summed E-state index contributed by atoms with van der Waals surface area (Å²) in [5, 5.41) is 10.3. The van der Waals surface area contributed by atoms with E-state index in [0.717, 1.165) is 25.7 Å². The topological polar surface area (TPSA) is 49.8 Å². The molecule has 0 unspecified atom stereocenters. The molecule has 4 nitrogen and oxygen atoms in total. The number of ether oxygens (including phenoxy) is 1. The van der Waals surface area contributed by atoms with Crippen LogP contribution in [0, 0.1) is 0 Å². The zero-order chi connectivity index (χ0) is 21.0. The minimum Gasteiger partial charge on any atom is -0.444 e. The summed E-state index contributed by atoms with van der Waals surface area (Å²) in [6.45, 7) is 11.7. The summed E-state index contributed by atoms with van der Waals surface area (Å²) >= 11 is 0. The molecule has 3 atom stereocenters. The fourth-order valence-corrected chi connectivity index (χ4v) is 4.11. The fourth-order valence-electron chi connectivity index (χ4n) is 4.11. The van der Waals surface area contributed by atoms with Crippen molar-refractivity contribution in [2.45, 2.75) is 135 Å². The summed E-state index contributed by atoms with van der Waals surface area (Å²) in [7, 11) is 0. The molecule has 4 heteroatoms. The van der Waals surface area contributed by atoms with Gasteiger partial charge in [0.05, 0.1) is 12.1 Å². The van der Waals surface area contributed by atoms with Crippen LogP contribution in [0.1, 0.15) is 111 Å². The van der Waals surface area contributed by atoms with Crippen molar-refractivity contribution in [3.8, 4) is 0 Å². The van der Waals surface area contributed by atoms with Gasteiger partial charge in [-0.25, -0.2) is 4.79 Å². The third-order valence-corrected chi connectivity index (χ3v) is 5.64. The summed E-state index contributed by atoms with van der Waals surface area (Å²) in [6.07, 6.45) is 16.5. The van der Waals surface area contributed by atoms with Crippen LogP contribution in [-0.4, -0.2) is 39.9 Å². The van der Waals surface area contributed by atoms with Gasteiger partial charge in [0.25, 0.3) is 0 Å². The Hall–Kier alpha value is -1.03. The van der Waals surface area contributed by atoms with Gasteiger partial charge in [-0.2, -0.15) is 0 Å². The van der Waals surface area contributed by atoms with Gasteiger partial charge in [-0.1, -0.05) is 77.2 Å². The molecule has 1 saturated heterocycles. The quantitative estimate of drug-likeness (QED) is 0.299. The largest absolute Gasteiger partial charge is 0.444 e. The molecule has 1 aliphatic rings. The lowest BCUT2D eigenvalue weighted by Gasteiger charge is -2.43. The third-order valence-electron chi connectivity index (χ3n) is 5.64. The number of likely N-dealkylation sites (tertiary alicyclic amines) is 1. The van der Waals surface area contributed by atoms with Crippen LogP contribution in [0.3, 0.4) is 0 Å². The number of aliphatic hydroxyl groups is 1. The summed E-state index contributed by atoms with van der Waals surface area (Å²) in [6, 6.07) is -0.216. The Bertz CT molecular complexity index is 444. The van der Waals surface area contributed by atoms with Gasteiger partial charge in [-0.3, -0.25) is 4.90 Å². The van der Waals surface area contributed by atoms with Crippen LogP contribution >= 0.6 is 0 Å². The number of aliphatic hydroxyl groups excluding tert-OH is 1. The first-order valence-corrected chi connectivity index (χ1v) is 11.6. The van der Waals surface area contributed by atoms with Gasteiger partial charge in [0, 0.05) is 6.04 Å². The predicted molar refractivity (Wildman–Crippen MR) is 118 cm³/mol. The molecular weight excluding hydrogens is 350 g/mol. The van der Waals surface area contributed by atoms with Gasteiger partial charge in [0.1, 0.15) is 5.60 Å². The molecule has 0 aliphatic carbocycles. The first-order chi connectivity index (χ1) is 13.3. The standard InChI is InChI=1S/C24H45NO3/c1-6-8-9-10-11-12-13-14-15-16-17-20-18-19-22(26)21(7-2)25(20)23(27)28-24(3,4)5/h7,20-22,26H,2,6,8-19H2,1,3-5H3/t20-,21+,22-/m1/s1. The first kappa shape index (κ1) is 25.0. The number of rotatable bonds is 12. The second-order valence-corrected chi connectivity index (χ2v) is 9.38.